The van der Waals surface area contributed by atoms with Gasteiger partial charge >= 0.3 is 6.61 Å². The molecule has 2 rings (SSSR count). The van der Waals surface area contributed by atoms with Crippen molar-refractivity contribution in [3.63, 3.8) is 0 Å². The number of non-ortho nitro benzene ring substituents is 1. The van der Waals surface area contributed by atoms with Gasteiger partial charge in [0.05, 0.1) is 11.5 Å². The van der Waals surface area contributed by atoms with Crippen LogP contribution in [0.25, 0.3) is 6.08 Å². The van der Waals surface area contributed by atoms with E-state index in [1.807, 2.05) is 0 Å². The number of hydrogen-bond donors (Lipinski definition) is 0. The lowest BCUT2D eigenvalue weighted by atomic mass is 10.1. The zero-order valence-electron chi connectivity index (χ0n) is 13.7. The van der Waals surface area contributed by atoms with Gasteiger partial charge < -0.3 is 9.47 Å². The van der Waals surface area contributed by atoms with Crippen LogP contribution in [0.5, 0.6) is 11.5 Å². The fourth-order valence-electron chi connectivity index (χ4n) is 2.18. The van der Waals surface area contributed by atoms with Crippen molar-refractivity contribution in [2.75, 3.05) is 6.61 Å². The second kappa shape index (κ2) is 8.70. The average Bonchev–Trinajstić information content (AvgIpc) is 2.61. The predicted molar refractivity (Wildman–Crippen MR) is 90.7 cm³/mol. The molecule has 6 nitrogen and oxygen atoms in total. The topological polar surface area (TPSA) is 78.7 Å². The molecule has 0 radical (unpaired) electrons. The first-order valence-corrected chi connectivity index (χ1v) is 7.60. The molecule has 0 aromatic heterocycles. The van der Waals surface area contributed by atoms with Crippen LogP contribution in [0.1, 0.15) is 22.8 Å². The van der Waals surface area contributed by atoms with E-state index < -0.39 is 17.3 Å². The Morgan fingerprint density at radius 1 is 1.27 bits per heavy atom. The molecule has 0 aliphatic rings. The highest BCUT2D eigenvalue weighted by atomic mass is 19.3. The van der Waals surface area contributed by atoms with E-state index in [1.54, 1.807) is 13.0 Å². The second-order valence-corrected chi connectivity index (χ2v) is 4.99. The molecule has 0 fully saturated rings. The minimum Gasteiger partial charge on any atom is -0.490 e. The SMILES string of the molecule is CCOc1cccc(/C=C/C(=O)c2cccc([N+](=O)[O-])c2)c1OC(F)F. The maximum atomic E-state index is 12.7. The normalized spacial score (nSPS) is 10.9. The van der Waals surface area contributed by atoms with Crippen LogP contribution in [-0.2, 0) is 0 Å². The minimum absolute atomic E-state index is 0.104. The van der Waals surface area contributed by atoms with Gasteiger partial charge in [0.15, 0.2) is 17.3 Å². The summed E-state index contributed by atoms with van der Waals surface area (Å²) in [6, 6.07) is 9.74. The van der Waals surface area contributed by atoms with Crippen molar-refractivity contribution >= 4 is 17.5 Å². The third kappa shape index (κ3) is 4.85. The van der Waals surface area contributed by atoms with Crippen LogP contribution in [0.4, 0.5) is 14.5 Å². The van der Waals surface area contributed by atoms with Gasteiger partial charge in [-0.25, -0.2) is 0 Å². The smallest absolute Gasteiger partial charge is 0.387 e. The molecule has 0 saturated carbocycles. The van der Waals surface area contributed by atoms with Crippen molar-refractivity contribution in [1.29, 1.82) is 0 Å². The zero-order valence-corrected chi connectivity index (χ0v) is 13.7. The van der Waals surface area contributed by atoms with Gasteiger partial charge in [0, 0.05) is 23.3 Å². The van der Waals surface area contributed by atoms with Gasteiger partial charge in [-0.1, -0.05) is 24.3 Å². The predicted octanol–water partition coefficient (Wildman–Crippen LogP) is 4.49. The van der Waals surface area contributed by atoms with Gasteiger partial charge in [0.1, 0.15) is 0 Å². The van der Waals surface area contributed by atoms with Gasteiger partial charge in [-0.2, -0.15) is 8.78 Å². The number of benzene rings is 2. The molecule has 0 saturated heterocycles. The summed E-state index contributed by atoms with van der Waals surface area (Å²) >= 11 is 0. The molecular formula is C18H15F2NO5. The highest BCUT2D eigenvalue weighted by molar-refractivity contribution is 6.07. The molecule has 2 aromatic carbocycles. The number of ether oxygens (including phenoxy) is 2. The summed E-state index contributed by atoms with van der Waals surface area (Å²) in [7, 11) is 0. The van der Waals surface area contributed by atoms with E-state index in [-0.39, 0.29) is 34.9 Å². The molecule has 0 aliphatic heterocycles. The van der Waals surface area contributed by atoms with Crippen molar-refractivity contribution in [1.82, 2.24) is 0 Å². The Morgan fingerprint density at radius 3 is 2.65 bits per heavy atom. The monoisotopic (exact) mass is 363 g/mol. The van der Waals surface area contributed by atoms with Gasteiger partial charge in [-0.15, -0.1) is 0 Å². The van der Waals surface area contributed by atoms with Crippen LogP contribution in [0.3, 0.4) is 0 Å². The third-order valence-electron chi connectivity index (χ3n) is 3.27. The van der Waals surface area contributed by atoms with Gasteiger partial charge in [0.2, 0.25) is 0 Å². The Bertz CT molecular complexity index is 836. The molecule has 0 N–H and O–H groups in total. The van der Waals surface area contributed by atoms with E-state index in [4.69, 9.17) is 4.74 Å². The first-order chi connectivity index (χ1) is 12.4. The summed E-state index contributed by atoms with van der Waals surface area (Å²) in [6.45, 7) is -1.11. The summed E-state index contributed by atoms with van der Waals surface area (Å²) in [4.78, 5) is 22.4. The van der Waals surface area contributed by atoms with Gasteiger partial charge in [-0.3, -0.25) is 14.9 Å². The van der Waals surface area contributed by atoms with Crippen LogP contribution in [0.2, 0.25) is 0 Å². The number of hydrogen-bond acceptors (Lipinski definition) is 5. The third-order valence-corrected chi connectivity index (χ3v) is 3.27. The molecule has 8 heteroatoms. The lowest BCUT2D eigenvalue weighted by molar-refractivity contribution is -0.384. The first-order valence-electron chi connectivity index (χ1n) is 7.60. The van der Waals surface area contributed by atoms with E-state index in [0.29, 0.717) is 0 Å². The van der Waals surface area contributed by atoms with Crippen molar-refractivity contribution < 1.29 is 28.0 Å². The summed E-state index contributed by atoms with van der Waals surface area (Å²) in [5, 5.41) is 10.8. The maximum absolute atomic E-state index is 12.7. The number of alkyl halides is 2. The van der Waals surface area contributed by atoms with Gasteiger partial charge in [-0.05, 0) is 25.1 Å². The number of allylic oxidation sites excluding steroid dienone is 1. The molecule has 136 valence electrons. The molecule has 0 amide bonds. The lowest BCUT2D eigenvalue weighted by Gasteiger charge is -2.13. The lowest BCUT2D eigenvalue weighted by Crippen LogP contribution is -2.06. The Hall–Kier alpha value is -3.29. The van der Waals surface area contributed by atoms with E-state index >= 15 is 0 Å². The highest BCUT2D eigenvalue weighted by Crippen LogP contribution is 2.33. The summed E-state index contributed by atoms with van der Waals surface area (Å²) in [5.41, 5.74) is 0.104. The summed E-state index contributed by atoms with van der Waals surface area (Å²) in [5.74, 6) is -0.580. The van der Waals surface area contributed by atoms with E-state index in [0.717, 1.165) is 12.1 Å². The molecule has 0 atom stereocenters. The summed E-state index contributed by atoms with van der Waals surface area (Å²) < 4.78 is 35.1. The molecule has 26 heavy (non-hydrogen) atoms. The van der Waals surface area contributed by atoms with E-state index in [1.165, 1.54) is 36.4 Å². The van der Waals surface area contributed by atoms with Gasteiger partial charge in [0.25, 0.3) is 5.69 Å². The molecule has 0 bridgehead atoms. The number of rotatable bonds is 8. The summed E-state index contributed by atoms with van der Waals surface area (Å²) in [6.07, 6.45) is 2.42. The number of nitro groups is 1. The van der Waals surface area contributed by atoms with E-state index in [9.17, 15) is 23.7 Å². The van der Waals surface area contributed by atoms with Crippen LogP contribution >= 0.6 is 0 Å². The zero-order chi connectivity index (χ0) is 19.1. The molecule has 0 spiro atoms. The number of ketones is 1. The molecule has 0 heterocycles. The van der Waals surface area contributed by atoms with Crippen molar-refractivity contribution in [2.45, 2.75) is 13.5 Å². The van der Waals surface area contributed by atoms with Crippen molar-refractivity contribution in [3.8, 4) is 11.5 Å². The number of nitrogens with zero attached hydrogens (tertiary/aromatic N) is 1. The average molecular weight is 363 g/mol. The van der Waals surface area contributed by atoms with E-state index in [2.05, 4.69) is 4.74 Å². The second-order valence-electron chi connectivity index (χ2n) is 4.99. The van der Waals surface area contributed by atoms with Crippen LogP contribution in [0.15, 0.2) is 48.5 Å². The number of para-hydroxylation sites is 1. The Labute approximate surface area is 147 Å². The molecule has 0 aliphatic carbocycles. The quantitative estimate of drug-likeness (QED) is 0.299. The fraction of sp³-hybridized carbons (Fsp3) is 0.167. The van der Waals surface area contributed by atoms with Crippen LogP contribution in [0, 0.1) is 10.1 Å². The number of carbonyl (C=O) groups excluding carboxylic acids is 1. The standard InChI is InChI=1S/C18H15F2NO5/c1-2-25-16-8-4-5-12(17(16)26-18(19)20)9-10-15(22)13-6-3-7-14(11-13)21(23)24/h3-11,18H,2H2,1H3/b10-9+. The Kier molecular flexibility index (Phi) is 6.37. The Balaban J connectivity index is 2.31. The van der Waals surface area contributed by atoms with Crippen molar-refractivity contribution in [2.24, 2.45) is 0 Å². The number of halogens is 2. The molecular weight excluding hydrogens is 348 g/mol. The molecule has 2 aromatic rings. The van der Waals surface area contributed by atoms with Crippen molar-refractivity contribution in [3.05, 3.63) is 69.8 Å². The maximum Gasteiger partial charge on any atom is 0.387 e. The fourth-order valence-corrected chi connectivity index (χ4v) is 2.18. The Morgan fingerprint density at radius 2 is 2.00 bits per heavy atom. The highest BCUT2D eigenvalue weighted by Gasteiger charge is 2.15. The minimum atomic E-state index is -3.06. The molecule has 0 unspecified atom stereocenters. The first kappa shape index (κ1) is 19.0. The van der Waals surface area contributed by atoms with Crippen LogP contribution in [-0.4, -0.2) is 23.9 Å². The van der Waals surface area contributed by atoms with Crippen LogP contribution < -0.4 is 9.47 Å². The largest absolute Gasteiger partial charge is 0.490 e. The number of nitro benzene ring substituents is 1. The number of carbonyl (C=O) groups is 1.